The predicted molar refractivity (Wildman–Crippen MR) is 107 cm³/mol. The molecule has 1 amide bonds. The molecule has 0 aliphatic carbocycles. The Labute approximate surface area is 175 Å². The number of likely N-dealkylation sites (tertiary alicyclic amines) is 1. The number of sulfonamides is 1. The maximum atomic E-state index is 13.1. The van der Waals surface area contributed by atoms with E-state index < -0.39 is 34.5 Å². The number of likely N-dealkylation sites (N-methyl/N-ethyl adjacent to an activating group) is 1. The molecular formula is C21H23FN2O5S. The number of benzene rings is 2. The molecule has 0 bridgehead atoms. The average molecular weight is 434 g/mol. The Hall–Kier alpha value is -2.78. The van der Waals surface area contributed by atoms with Gasteiger partial charge in [-0.3, -0.25) is 9.59 Å². The first-order valence-electron chi connectivity index (χ1n) is 9.54. The molecule has 7 nitrogen and oxygen atoms in total. The second-order valence-electron chi connectivity index (χ2n) is 7.03. The zero-order valence-corrected chi connectivity index (χ0v) is 17.3. The molecule has 30 heavy (non-hydrogen) atoms. The summed E-state index contributed by atoms with van der Waals surface area (Å²) in [7, 11) is -2.79. The van der Waals surface area contributed by atoms with Crippen LogP contribution in [0.4, 0.5) is 4.39 Å². The minimum atomic E-state index is -4.02. The van der Waals surface area contributed by atoms with Gasteiger partial charge in [0.2, 0.25) is 16.1 Å². The first kappa shape index (κ1) is 21.9. The summed E-state index contributed by atoms with van der Waals surface area (Å²) in [4.78, 5) is 26.9. The van der Waals surface area contributed by atoms with E-state index in [2.05, 4.69) is 0 Å². The molecule has 1 saturated heterocycles. The molecule has 9 heteroatoms. The van der Waals surface area contributed by atoms with Crippen LogP contribution < -0.4 is 0 Å². The summed E-state index contributed by atoms with van der Waals surface area (Å²) in [6.45, 7) is 0.605. The van der Waals surface area contributed by atoms with Crippen LogP contribution in [-0.2, 0) is 24.3 Å². The van der Waals surface area contributed by atoms with E-state index in [1.54, 1.807) is 35.2 Å². The fourth-order valence-corrected chi connectivity index (χ4v) is 4.33. The monoisotopic (exact) mass is 434 g/mol. The average Bonchev–Trinajstić information content (AvgIpc) is 3.27. The number of esters is 1. The van der Waals surface area contributed by atoms with Crippen LogP contribution in [-0.4, -0.2) is 56.2 Å². The molecule has 0 radical (unpaired) electrons. The van der Waals surface area contributed by atoms with Crippen molar-refractivity contribution in [2.24, 2.45) is 0 Å². The zero-order chi connectivity index (χ0) is 21.7. The van der Waals surface area contributed by atoms with Crippen LogP contribution in [0, 0.1) is 5.82 Å². The molecule has 160 valence electrons. The number of carbonyl (C=O) groups is 2. The number of halogens is 1. The molecule has 2 aromatic rings. The van der Waals surface area contributed by atoms with E-state index in [4.69, 9.17) is 4.74 Å². The summed E-state index contributed by atoms with van der Waals surface area (Å²) in [5, 5.41) is 0. The molecule has 3 rings (SSSR count). The summed E-state index contributed by atoms with van der Waals surface area (Å²) in [5.41, 5.74) is 0.520. The molecule has 0 spiro atoms. The lowest BCUT2D eigenvalue weighted by Crippen LogP contribution is -2.38. The van der Waals surface area contributed by atoms with Crippen LogP contribution >= 0.6 is 0 Å². The van der Waals surface area contributed by atoms with E-state index in [1.165, 1.54) is 7.05 Å². The van der Waals surface area contributed by atoms with Crippen molar-refractivity contribution < 1.29 is 27.1 Å². The van der Waals surface area contributed by atoms with Crippen LogP contribution in [0.5, 0.6) is 0 Å². The van der Waals surface area contributed by atoms with E-state index in [1.807, 2.05) is 0 Å². The molecule has 0 aromatic heterocycles. The van der Waals surface area contributed by atoms with Crippen molar-refractivity contribution in [1.29, 1.82) is 0 Å². The lowest BCUT2D eigenvalue weighted by Gasteiger charge is -2.24. The van der Waals surface area contributed by atoms with Gasteiger partial charge in [-0.25, -0.2) is 12.8 Å². The predicted octanol–water partition coefficient (Wildman–Crippen LogP) is 2.35. The Morgan fingerprint density at radius 2 is 1.67 bits per heavy atom. The Bertz CT molecular complexity index is 990. The Balaban J connectivity index is 1.73. The van der Waals surface area contributed by atoms with Crippen LogP contribution in [0.2, 0.25) is 0 Å². The van der Waals surface area contributed by atoms with Crippen molar-refractivity contribution in [3.8, 4) is 0 Å². The number of hydrogen-bond donors (Lipinski definition) is 0. The Morgan fingerprint density at radius 1 is 1.07 bits per heavy atom. The fraction of sp³-hybridized carbons (Fsp3) is 0.333. The highest BCUT2D eigenvalue weighted by atomic mass is 32.2. The van der Waals surface area contributed by atoms with Crippen molar-refractivity contribution in [3.63, 3.8) is 0 Å². The molecule has 1 unspecified atom stereocenters. The van der Waals surface area contributed by atoms with Gasteiger partial charge in [0.25, 0.3) is 5.91 Å². The van der Waals surface area contributed by atoms with Gasteiger partial charge in [-0.2, -0.15) is 4.31 Å². The SMILES string of the molecule is CN(CC(=O)OC(C(=O)N1CCCC1)c1ccccc1)S(=O)(=O)c1ccc(F)cc1. The van der Waals surface area contributed by atoms with Crippen molar-refractivity contribution >= 4 is 21.9 Å². The van der Waals surface area contributed by atoms with Crippen molar-refractivity contribution in [2.45, 2.75) is 23.8 Å². The van der Waals surface area contributed by atoms with E-state index in [0.717, 1.165) is 41.4 Å². The highest BCUT2D eigenvalue weighted by Gasteiger charge is 2.32. The quantitative estimate of drug-likeness (QED) is 0.625. The van der Waals surface area contributed by atoms with Crippen LogP contribution in [0.25, 0.3) is 0 Å². The third-order valence-electron chi connectivity index (χ3n) is 4.87. The molecule has 2 aromatic carbocycles. The van der Waals surface area contributed by atoms with Gasteiger partial charge in [0.1, 0.15) is 12.4 Å². The Morgan fingerprint density at radius 3 is 2.27 bits per heavy atom. The maximum Gasteiger partial charge on any atom is 0.322 e. The van der Waals surface area contributed by atoms with Gasteiger partial charge < -0.3 is 9.64 Å². The van der Waals surface area contributed by atoms with Crippen LogP contribution in [0.3, 0.4) is 0 Å². The molecule has 1 aliphatic rings. The molecule has 0 N–H and O–H groups in total. The maximum absolute atomic E-state index is 13.1. The summed E-state index contributed by atoms with van der Waals surface area (Å²) in [5.74, 6) is -1.75. The first-order chi connectivity index (χ1) is 14.3. The highest BCUT2D eigenvalue weighted by Crippen LogP contribution is 2.23. The zero-order valence-electron chi connectivity index (χ0n) is 16.5. The molecule has 0 saturated carbocycles. The lowest BCUT2D eigenvalue weighted by atomic mass is 10.1. The van der Waals surface area contributed by atoms with E-state index >= 15 is 0 Å². The van der Waals surface area contributed by atoms with Crippen LogP contribution in [0.1, 0.15) is 24.5 Å². The third kappa shape index (κ3) is 5.03. The second-order valence-corrected chi connectivity index (χ2v) is 9.07. The van der Waals surface area contributed by atoms with Gasteiger partial charge in [0, 0.05) is 25.7 Å². The Kier molecular flexibility index (Phi) is 6.84. The van der Waals surface area contributed by atoms with E-state index in [-0.39, 0.29) is 10.8 Å². The van der Waals surface area contributed by atoms with Gasteiger partial charge in [-0.1, -0.05) is 30.3 Å². The number of nitrogens with zero attached hydrogens (tertiary/aromatic N) is 2. The van der Waals surface area contributed by atoms with Gasteiger partial charge in [0.15, 0.2) is 0 Å². The molecule has 1 heterocycles. The highest BCUT2D eigenvalue weighted by molar-refractivity contribution is 7.89. The van der Waals surface area contributed by atoms with Gasteiger partial charge in [0.05, 0.1) is 4.90 Å². The van der Waals surface area contributed by atoms with E-state index in [9.17, 15) is 22.4 Å². The largest absolute Gasteiger partial charge is 0.446 e. The third-order valence-corrected chi connectivity index (χ3v) is 6.68. The van der Waals surface area contributed by atoms with Crippen molar-refractivity contribution in [2.75, 3.05) is 26.7 Å². The van der Waals surface area contributed by atoms with Gasteiger partial charge in [-0.05, 0) is 37.1 Å². The summed E-state index contributed by atoms with van der Waals surface area (Å²) >= 11 is 0. The topological polar surface area (TPSA) is 84.0 Å². The normalized spacial score (nSPS) is 15.2. The fourth-order valence-electron chi connectivity index (χ4n) is 3.21. The molecule has 1 atom stereocenters. The van der Waals surface area contributed by atoms with E-state index in [0.29, 0.717) is 18.7 Å². The minimum Gasteiger partial charge on any atom is -0.446 e. The molecule has 1 fully saturated rings. The number of amides is 1. The number of rotatable bonds is 7. The van der Waals surface area contributed by atoms with Crippen LogP contribution in [0.15, 0.2) is 59.5 Å². The van der Waals surface area contributed by atoms with Gasteiger partial charge >= 0.3 is 5.97 Å². The number of hydrogen-bond acceptors (Lipinski definition) is 5. The van der Waals surface area contributed by atoms with Crippen molar-refractivity contribution in [3.05, 3.63) is 66.0 Å². The summed E-state index contributed by atoms with van der Waals surface area (Å²) < 4.78 is 44.5. The minimum absolute atomic E-state index is 0.146. The van der Waals surface area contributed by atoms with Gasteiger partial charge in [-0.15, -0.1) is 0 Å². The molecule has 1 aliphatic heterocycles. The lowest BCUT2D eigenvalue weighted by molar-refractivity contribution is -0.160. The molecular weight excluding hydrogens is 411 g/mol. The summed E-state index contributed by atoms with van der Waals surface area (Å²) in [6, 6.07) is 12.9. The van der Waals surface area contributed by atoms with Crippen molar-refractivity contribution in [1.82, 2.24) is 9.21 Å². The first-order valence-corrected chi connectivity index (χ1v) is 11.0. The number of carbonyl (C=O) groups excluding carboxylic acids is 2. The smallest absolute Gasteiger partial charge is 0.322 e. The second kappa shape index (κ2) is 9.36. The number of ether oxygens (including phenoxy) is 1. The standard InChI is InChI=1S/C21H23FN2O5S/c1-23(30(27,28)18-11-9-17(22)10-12-18)15-19(25)29-20(16-7-3-2-4-8-16)21(26)24-13-5-6-14-24/h2-4,7-12,20H,5-6,13-15H2,1H3. The summed E-state index contributed by atoms with van der Waals surface area (Å²) in [6.07, 6.45) is 0.637.